The summed E-state index contributed by atoms with van der Waals surface area (Å²) in [6.45, 7) is 7.20. The van der Waals surface area contributed by atoms with Gasteiger partial charge in [-0.2, -0.15) is 0 Å². The molecular weight excluding hydrogens is 446 g/mol. The maximum atomic E-state index is 13.3. The van der Waals surface area contributed by atoms with Crippen molar-refractivity contribution in [2.24, 2.45) is 7.05 Å². The van der Waals surface area contributed by atoms with Gasteiger partial charge < -0.3 is 14.2 Å². The number of aryl methyl sites for hydroxylation is 1. The number of benzene rings is 1. The first-order valence-corrected chi connectivity index (χ1v) is 11.2. The molecule has 3 rings (SSSR count). The number of anilines is 1. The monoisotopic (exact) mass is 469 g/mol. The average molecular weight is 470 g/mol. The van der Waals surface area contributed by atoms with Gasteiger partial charge in [0.1, 0.15) is 4.90 Å². The Morgan fingerprint density at radius 2 is 1.79 bits per heavy atom. The summed E-state index contributed by atoms with van der Waals surface area (Å²) in [4.78, 5) is 14.8. The van der Waals surface area contributed by atoms with E-state index < -0.39 is 10.0 Å². The molecule has 28 heavy (non-hydrogen) atoms. The number of aromatic nitrogens is 1. The Labute approximate surface area is 173 Å². The van der Waals surface area contributed by atoms with E-state index in [4.69, 9.17) is 4.74 Å². The van der Waals surface area contributed by atoms with Crippen LogP contribution in [0.15, 0.2) is 27.6 Å². The van der Waals surface area contributed by atoms with Crippen LogP contribution in [-0.2, 0) is 21.8 Å². The largest absolute Gasteiger partial charge is 0.378 e. The molecule has 0 spiro atoms. The quantitative estimate of drug-likeness (QED) is 0.745. The molecule has 9 heteroatoms. The van der Waals surface area contributed by atoms with Gasteiger partial charge in [-0.1, -0.05) is 6.07 Å². The summed E-state index contributed by atoms with van der Waals surface area (Å²) in [7, 11) is -2.21. The van der Waals surface area contributed by atoms with Crippen molar-refractivity contribution in [2.45, 2.75) is 25.7 Å². The zero-order chi connectivity index (χ0) is 20.6. The lowest BCUT2D eigenvalue weighted by Gasteiger charge is -2.27. The number of carbonyl (C=O) groups excluding carboxylic acids is 1. The highest BCUT2D eigenvalue weighted by Gasteiger charge is 2.33. The highest BCUT2D eigenvalue weighted by atomic mass is 79.9. The molecule has 1 fully saturated rings. The number of halogens is 1. The highest BCUT2D eigenvalue weighted by Crippen LogP contribution is 2.31. The van der Waals surface area contributed by atoms with E-state index in [9.17, 15) is 13.2 Å². The summed E-state index contributed by atoms with van der Waals surface area (Å²) in [5.74, 6) is -0.284. The fraction of sp³-hybridized carbons (Fsp3) is 0.421. The second kappa shape index (κ2) is 7.88. The summed E-state index contributed by atoms with van der Waals surface area (Å²) in [5, 5.41) is 0. The zero-order valence-electron chi connectivity index (χ0n) is 16.4. The van der Waals surface area contributed by atoms with E-state index in [1.807, 2.05) is 19.1 Å². The van der Waals surface area contributed by atoms with Crippen LogP contribution in [0.1, 0.15) is 27.3 Å². The van der Waals surface area contributed by atoms with Gasteiger partial charge in [0.2, 0.25) is 0 Å². The van der Waals surface area contributed by atoms with Crippen LogP contribution in [-0.4, -0.2) is 50.1 Å². The van der Waals surface area contributed by atoms with Gasteiger partial charge in [-0.15, -0.1) is 0 Å². The number of rotatable bonds is 4. The molecule has 7 nitrogen and oxygen atoms in total. The summed E-state index contributed by atoms with van der Waals surface area (Å²) >= 11 is 3.40. The minimum Gasteiger partial charge on any atom is -0.378 e. The molecule has 1 saturated heterocycles. The molecule has 1 aromatic carbocycles. The number of carbonyl (C=O) groups is 1. The lowest BCUT2D eigenvalue weighted by molar-refractivity contribution is 0.0300. The Hall–Kier alpha value is -1.84. The van der Waals surface area contributed by atoms with E-state index in [1.165, 1.54) is 0 Å². The third-order valence-corrected chi connectivity index (χ3v) is 7.26. The van der Waals surface area contributed by atoms with E-state index >= 15 is 0 Å². The Bertz CT molecular complexity index is 1020. The van der Waals surface area contributed by atoms with Gasteiger partial charge in [-0.3, -0.25) is 9.52 Å². The van der Waals surface area contributed by atoms with E-state index in [0.717, 1.165) is 5.56 Å². The summed E-state index contributed by atoms with van der Waals surface area (Å²) < 4.78 is 36.9. The molecule has 2 heterocycles. The van der Waals surface area contributed by atoms with Gasteiger partial charge >= 0.3 is 0 Å². The molecule has 1 aromatic heterocycles. The fourth-order valence-corrected chi connectivity index (χ4v) is 5.64. The third-order valence-electron chi connectivity index (χ3n) is 5.07. The van der Waals surface area contributed by atoms with Crippen molar-refractivity contribution in [3.8, 4) is 0 Å². The molecule has 1 aliphatic rings. The predicted molar refractivity (Wildman–Crippen MR) is 111 cm³/mol. The van der Waals surface area contributed by atoms with Crippen molar-refractivity contribution in [3.05, 3.63) is 45.2 Å². The predicted octanol–water partition coefficient (Wildman–Crippen LogP) is 2.99. The van der Waals surface area contributed by atoms with E-state index in [2.05, 4.69) is 20.7 Å². The van der Waals surface area contributed by atoms with Crippen LogP contribution in [0.5, 0.6) is 0 Å². The number of nitrogens with one attached hydrogen (secondary N) is 1. The first kappa shape index (κ1) is 20.9. The lowest BCUT2D eigenvalue weighted by atomic mass is 10.2. The Morgan fingerprint density at radius 1 is 1.14 bits per heavy atom. The minimum atomic E-state index is -3.97. The number of amides is 1. The lowest BCUT2D eigenvalue weighted by Crippen LogP contribution is -2.41. The van der Waals surface area contributed by atoms with Gasteiger partial charge in [0.25, 0.3) is 15.9 Å². The van der Waals surface area contributed by atoms with Crippen LogP contribution in [0.3, 0.4) is 0 Å². The summed E-state index contributed by atoms with van der Waals surface area (Å²) in [6, 6.07) is 5.36. The molecular formula is C19H24BrN3O4S. The van der Waals surface area contributed by atoms with E-state index in [-0.39, 0.29) is 16.4 Å². The topological polar surface area (TPSA) is 80.6 Å². The van der Waals surface area contributed by atoms with E-state index in [1.54, 1.807) is 36.4 Å². The normalized spacial score (nSPS) is 15.0. The summed E-state index contributed by atoms with van der Waals surface area (Å²) in [5.41, 5.74) is 2.79. The number of morpholine rings is 1. The summed E-state index contributed by atoms with van der Waals surface area (Å²) in [6.07, 6.45) is 0. The van der Waals surface area contributed by atoms with Crippen molar-refractivity contribution < 1.29 is 17.9 Å². The standard InChI is InChI=1S/C19H24BrN3O4S/c1-12-5-6-16(15(20)11-12)21-28(25,26)18-14(3)22(4)13(2)17(18)19(24)23-7-9-27-10-8-23/h5-6,11,21H,7-10H2,1-4H3. The molecule has 1 N–H and O–H groups in total. The molecule has 2 aromatic rings. The molecule has 1 amide bonds. The molecule has 152 valence electrons. The molecule has 0 atom stereocenters. The molecule has 0 aliphatic carbocycles. The van der Waals surface area contributed by atoms with Crippen molar-refractivity contribution in [1.29, 1.82) is 0 Å². The van der Waals surface area contributed by atoms with Crippen molar-refractivity contribution in [2.75, 3.05) is 31.0 Å². The SMILES string of the molecule is Cc1ccc(NS(=O)(=O)c2c(C(=O)N3CCOCC3)c(C)n(C)c2C)c(Br)c1. The second-order valence-corrected chi connectivity index (χ2v) is 9.40. The van der Waals surface area contributed by atoms with Crippen molar-refractivity contribution in [3.63, 3.8) is 0 Å². The molecule has 0 saturated carbocycles. The van der Waals surface area contributed by atoms with E-state index in [0.29, 0.717) is 47.9 Å². The number of hydrogen-bond acceptors (Lipinski definition) is 4. The van der Waals surface area contributed by atoms with Crippen LogP contribution in [0.2, 0.25) is 0 Å². The number of ether oxygens (including phenoxy) is 1. The van der Waals surface area contributed by atoms with Gasteiger partial charge in [0.15, 0.2) is 0 Å². The smallest absolute Gasteiger partial charge is 0.264 e. The Balaban J connectivity index is 2.07. The van der Waals surface area contributed by atoms with Crippen molar-refractivity contribution in [1.82, 2.24) is 9.47 Å². The number of nitrogens with zero attached hydrogens (tertiary/aromatic N) is 2. The zero-order valence-corrected chi connectivity index (χ0v) is 18.8. The first-order valence-electron chi connectivity index (χ1n) is 8.95. The van der Waals surface area contributed by atoms with Crippen LogP contribution in [0.4, 0.5) is 5.69 Å². The van der Waals surface area contributed by atoms with Crippen LogP contribution in [0, 0.1) is 20.8 Å². The Morgan fingerprint density at radius 3 is 2.39 bits per heavy atom. The highest BCUT2D eigenvalue weighted by molar-refractivity contribution is 9.10. The number of hydrogen-bond donors (Lipinski definition) is 1. The second-order valence-electron chi connectivity index (χ2n) is 6.93. The average Bonchev–Trinajstić information content (AvgIpc) is 2.89. The Kier molecular flexibility index (Phi) is 5.88. The van der Waals surface area contributed by atoms with Crippen LogP contribution < -0.4 is 4.72 Å². The van der Waals surface area contributed by atoms with Crippen LogP contribution in [0.25, 0.3) is 0 Å². The first-order chi connectivity index (χ1) is 13.1. The minimum absolute atomic E-state index is 0.0245. The van der Waals surface area contributed by atoms with Gasteiger partial charge in [0.05, 0.1) is 24.5 Å². The van der Waals surface area contributed by atoms with Crippen LogP contribution >= 0.6 is 15.9 Å². The number of sulfonamides is 1. The fourth-order valence-electron chi connectivity index (χ4n) is 3.32. The van der Waals surface area contributed by atoms with Crippen molar-refractivity contribution >= 4 is 37.5 Å². The third kappa shape index (κ3) is 3.83. The molecule has 1 aliphatic heterocycles. The maximum Gasteiger partial charge on any atom is 0.264 e. The molecule has 0 radical (unpaired) electrons. The molecule has 0 unspecified atom stereocenters. The van der Waals surface area contributed by atoms with Gasteiger partial charge in [0, 0.05) is 36.0 Å². The van der Waals surface area contributed by atoms with Gasteiger partial charge in [-0.25, -0.2) is 8.42 Å². The molecule has 0 bridgehead atoms. The van der Waals surface area contributed by atoms with Gasteiger partial charge in [-0.05, 0) is 54.4 Å². The maximum absolute atomic E-state index is 13.3.